The standard InChI is InChI=1S/C25H28Cl2FN7O.C2H6OS/c1-14(22-18(26)9-32-10-19(22)27)36-16-4-5-21(29)17(7-16)23(30)15-6-20(28)24(33-8-15)35-12-25(31,13-35)11-34(2)3;1-4(2)3/h4-10,14,30H,11-13,29,31H2,1-3H3;1-2H3/t14-;/m1./s1. The van der Waals surface area contributed by atoms with Crippen molar-refractivity contribution in [1.82, 2.24) is 14.9 Å². The summed E-state index contributed by atoms with van der Waals surface area (Å²) in [5.74, 6) is 0.147. The molecule has 0 amide bonds. The number of nitrogens with two attached hydrogens (primary N) is 2. The van der Waals surface area contributed by atoms with E-state index < -0.39 is 28.3 Å². The topological polar surface area (TPSA) is 134 Å². The molecule has 1 aliphatic heterocycles. The second-order valence-electron chi connectivity index (χ2n) is 10.1. The summed E-state index contributed by atoms with van der Waals surface area (Å²) in [6, 6.07) is 6.23. The Morgan fingerprint density at radius 1 is 1.23 bits per heavy atom. The quantitative estimate of drug-likeness (QED) is 0.256. The molecule has 0 aliphatic carbocycles. The molecule has 0 bridgehead atoms. The summed E-state index contributed by atoms with van der Waals surface area (Å²) >= 11 is 12.5. The number of nitrogens with one attached hydrogen (secondary N) is 1. The van der Waals surface area contributed by atoms with Gasteiger partial charge in [-0.2, -0.15) is 0 Å². The van der Waals surface area contributed by atoms with Gasteiger partial charge in [0.1, 0.15) is 11.9 Å². The van der Waals surface area contributed by atoms with Crippen LogP contribution in [0.5, 0.6) is 5.75 Å². The van der Waals surface area contributed by atoms with Crippen molar-refractivity contribution in [3.8, 4) is 5.75 Å². The van der Waals surface area contributed by atoms with Crippen molar-refractivity contribution in [3.63, 3.8) is 0 Å². The first-order valence-electron chi connectivity index (χ1n) is 12.2. The number of likely N-dealkylation sites (N-methyl/N-ethyl adjacent to an activating group) is 1. The van der Waals surface area contributed by atoms with Gasteiger partial charge in [0.25, 0.3) is 0 Å². The zero-order valence-electron chi connectivity index (χ0n) is 23.0. The summed E-state index contributed by atoms with van der Waals surface area (Å²) in [6.07, 6.45) is 7.24. The minimum Gasteiger partial charge on any atom is -0.486 e. The van der Waals surface area contributed by atoms with Crippen molar-refractivity contribution in [2.24, 2.45) is 5.73 Å². The van der Waals surface area contributed by atoms with E-state index in [1.54, 1.807) is 42.5 Å². The summed E-state index contributed by atoms with van der Waals surface area (Å²) < 4.78 is 30.6. The molecule has 13 heteroatoms. The number of rotatable bonds is 8. The fraction of sp³-hybridized carbons (Fsp3) is 0.370. The van der Waals surface area contributed by atoms with Gasteiger partial charge >= 0.3 is 0 Å². The Kier molecular flexibility index (Phi) is 10.5. The molecule has 40 heavy (non-hydrogen) atoms. The van der Waals surface area contributed by atoms with Gasteiger partial charge in [-0.15, -0.1) is 0 Å². The van der Waals surface area contributed by atoms with Crippen molar-refractivity contribution in [1.29, 1.82) is 5.41 Å². The Bertz CT molecular complexity index is 1380. The smallest absolute Gasteiger partial charge is 0.166 e. The fourth-order valence-electron chi connectivity index (χ4n) is 4.45. The second-order valence-corrected chi connectivity index (χ2v) is 12.4. The molecule has 0 radical (unpaired) electrons. The molecule has 216 valence electrons. The van der Waals surface area contributed by atoms with Gasteiger partial charge in [0.05, 0.1) is 21.3 Å². The lowest BCUT2D eigenvalue weighted by atomic mass is 9.90. The monoisotopic (exact) mass is 609 g/mol. The maximum absolute atomic E-state index is 15.0. The highest BCUT2D eigenvalue weighted by Crippen LogP contribution is 2.34. The number of hydrogen-bond donors (Lipinski definition) is 3. The van der Waals surface area contributed by atoms with E-state index in [2.05, 4.69) is 9.97 Å². The third-order valence-corrected chi connectivity index (χ3v) is 6.56. The lowest BCUT2D eigenvalue weighted by Gasteiger charge is -2.49. The second kappa shape index (κ2) is 13.2. The molecule has 0 unspecified atom stereocenters. The van der Waals surface area contributed by atoms with Crippen molar-refractivity contribution < 1.29 is 13.3 Å². The first kappa shape index (κ1) is 31.7. The van der Waals surface area contributed by atoms with Crippen LogP contribution in [-0.4, -0.2) is 76.6 Å². The summed E-state index contributed by atoms with van der Waals surface area (Å²) in [7, 11) is 3.29. The van der Waals surface area contributed by atoms with Crippen LogP contribution in [0.4, 0.5) is 15.9 Å². The third-order valence-electron chi connectivity index (χ3n) is 5.96. The number of benzene rings is 1. The largest absolute Gasteiger partial charge is 0.486 e. The van der Waals surface area contributed by atoms with Crippen LogP contribution >= 0.6 is 23.2 Å². The summed E-state index contributed by atoms with van der Waals surface area (Å²) in [5.41, 5.74) is 13.7. The van der Waals surface area contributed by atoms with Gasteiger partial charge in [0.2, 0.25) is 0 Å². The number of aromatic nitrogens is 2. The summed E-state index contributed by atoms with van der Waals surface area (Å²) in [6.45, 7) is 3.50. The van der Waals surface area contributed by atoms with Crippen LogP contribution in [0.2, 0.25) is 10.0 Å². The van der Waals surface area contributed by atoms with Crippen LogP contribution in [-0.2, 0) is 10.8 Å². The maximum Gasteiger partial charge on any atom is 0.166 e. The van der Waals surface area contributed by atoms with E-state index >= 15 is 0 Å². The van der Waals surface area contributed by atoms with Crippen LogP contribution in [0, 0.1) is 11.2 Å². The number of hydrogen-bond acceptors (Lipinski definition) is 9. The number of pyridine rings is 2. The van der Waals surface area contributed by atoms with E-state index in [1.807, 2.05) is 19.0 Å². The molecule has 1 fully saturated rings. The van der Waals surface area contributed by atoms with E-state index in [4.69, 9.17) is 44.8 Å². The third kappa shape index (κ3) is 7.88. The molecule has 9 nitrogen and oxygen atoms in total. The predicted molar refractivity (Wildman–Crippen MR) is 162 cm³/mol. The van der Waals surface area contributed by atoms with Crippen LogP contribution in [0.1, 0.15) is 29.7 Å². The van der Waals surface area contributed by atoms with Crippen LogP contribution < -0.4 is 21.1 Å². The van der Waals surface area contributed by atoms with Gasteiger partial charge in [-0.1, -0.05) is 23.2 Å². The molecule has 5 N–H and O–H groups in total. The molecule has 1 atom stereocenters. The Balaban J connectivity index is 0.00000103. The van der Waals surface area contributed by atoms with Crippen molar-refractivity contribution in [2.75, 3.05) is 56.9 Å². The zero-order chi connectivity index (χ0) is 29.8. The molecule has 1 saturated heterocycles. The first-order valence-corrected chi connectivity index (χ1v) is 15.0. The molecular formula is C27H34Cl2FN7O2S. The molecule has 3 heterocycles. The first-order chi connectivity index (χ1) is 18.7. The van der Waals surface area contributed by atoms with E-state index in [1.165, 1.54) is 24.7 Å². The van der Waals surface area contributed by atoms with Gasteiger partial charge in [-0.3, -0.25) is 14.6 Å². The van der Waals surface area contributed by atoms with E-state index in [0.29, 0.717) is 57.8 Å². The average Bonchev–Trinajstić information content (AvgIpc) is 2.82. The minimum atomic E-state index is -0.611. The zero-order valence-corrected chi connectivity index (χ0v) is 25.4. The van der Waals surface area contributed by atoms with E-state index in [0.717, 1.165) is 0 Å². The molecule has 1 aromatic carbocycles. The van der Waals surface area contributed by atoms with Gasteiger partial charge in [0, 0.05) is 83.9 Å². The van der Waals surface area contributed by atoms with Gasteiger partial charge < -0.3 is 26.0 Å². The Labute approximate surface area is 246 Å². The lowest BCUT2D eigenvalue weighted by Crippen LogP contribution is -2.71. The fourth-order valence-corrected chi connectivity index (χ4v) is 5.12. The normalized spacial score (nSPS) is 14.8. The van der Waals surface area contributed by atoms with Crippen LogP contribution in [0.3, 0.4) is 0 Å². The molecule has 4 rings (SSSR count). The summed E-state index contributed by atoms with van der Waals surface area (Å²) in [4.78, 5) is 12.0. The van der Waals surface area contributed by atoms with E-state index in [-0.39, 0.29) is 11.5 Å². The Morgan fingerprint density at radius 2 is 1.82 bits per heavy atom. The van der Waals surface area contributed by atoms with Gasteiger partial charge in [-0.25, -0.2) is 9.37 Å². The van der Waals surface area contributed by atoms with Crippen molar-refractivity contribution >= 4 is 51.2 Å². The highest BCUT2D eigenvalue weighted by molar-refractivity contribution is 7.83. The lowest BCUT2D eigenvalue weighted by molar-refractivity contribution is 0.227. The number of ether oxygens (including phenoxy) is 1. The van der Waals surface area contributed by atoms with Crippen LogP contribution in [0.25, 0.3) is 0 Å². The number of anilines is 2. The summed E-state index contributed by atoms with van der Waals surface area (Å²) in [5, 5.41) is 9.43. The molecule has 1 aliphatic rings. The number of halogens is 3. The highest BCUT2D eigenvalue weighted by atomic mass is 35.5. The number of nitrogen functional groups attached to an aromatic ring is 1. The maximum atomic E-state index is 15.0. The van der Waals surface area contributed by atoms with Crippen LogP contribution in [0.15, 0.2) is 42.9 Å². The average molecular weight is 611 g/mol. The molecule has 2 aromatic heterocycles. The highest BCUT2D eigenvalue weighted by Gasteiger charge is 2.41. The SMILES string of the molecule is CS(C)=O.C[C@@H](Oc1ccc(N)c(C(=N)c2cnc(N3CC(N)(CN(C)C)C3)c(F)c2)c1)c1c(Cl)cncc1Cl. The predicted octanol–water partition coefficient (Wildman–Crippen LogP) is 4.13. The molecule has 3 aromatic rings. The Hall–Kier alpha value is -2.83. The number of nitrogens with zero attached hydrogens (tertiary/aromatic N) is 4. The minimum absolute atomic E-state index is 0.0212. The molecular weight excluding hydrogens is 576 g/mol. The Morgan fingerprint density at radius 3 is 2.38 bits per heavy atom. The molecule has 0 saturated carbocycles. The van der Waals surface area contributed by atoms with Gasteiger partial charge in [0.15, 0.2) is 11.6 Å². The van der Waals surface area contributed by atoms with Gasteiger partial charge in [-0.05, 0) is 45.3 Å². The van der Waals surface area contributed by atoms with E-state index in [9.17, 15) is 8.60 Å². The van der Waals surface area contributed by atoms with Crippen molar-refractivity contribution in [3.05, 3.63) is 75.4 Å². The molecule has 0 spiro atoms. The van der Waals surface area contributed by atoms with Crippen molar-refractivity contribution in [2.45, 2.75) is 18.6 Å².